The number of carbonyl (C=O) groups is 1. The second-order valence-corrected chi connectivity index (χ2v) is 5.73. The highest BCUT2D eigenvalue weighted by Crippen LogP contribution is 2.29. The molecule has 7 heteroatoms. The summed E-state index contributed by atoms with van der Waals surface area (Å²) in [4.78, 5) is 12.3. The molecule has 0 unspecified atom stereocenters. The summed E-state index contributed by atoms with van der Waals surface area (Å²) in [6.45, 7) is 1.87. The Morgan fingerprint density at radius 1 is 1.15 bits per heavy atom. The number of ether oxygens (including phenoxy) is 2. The summed E-state index contributed by atoms with van der Waals surface area (Å²) in [7, 11) is 3.03. The van der Waals surface area contributed by atoms with E-state index in [0.29, 0.717) is 22.2 Å². The van der Waals surface area contributed by atoms with Crippen molar-refractivity contribution < 1.29 is 14.3 Å². The lowest BCUT2D eigenvalue weighted by molar-refractivity contribution is -0.112. The molecule has 0 heterocycles. The minimum atomic E-state index is -0.543. The molecule has 2 N–H and O–H groups in total. The van der Waals surface area contributed by atoms with Crippen LogP contribution in [0.1, 0.15) is 5.56 Å². The Bertz CT molecular complexity index is 888. The molecule has 1 amide bonds. The molecule has 2 aromatic rings. The maximum Gasteiger partial charge on any atom is 0.267 e. The molecule has 0 saturated carbocycles. The summed E-state index contributed by atoms with van der Waals surface area (Å²) >= 11 is 5.92. The fraction of sp³-hybridized carbons (Fsp3) is 0.158. The van der Waals surface area contributed by atoms with Crippen molar-refractivity contribution in [1.29, 1.82) is 5.26 Å². The molecule has 0 radical (unpaired) electrons. The van der Waals surface area contributed by atoms with Crippen molar-refractivity contribution in [2.24, 2.45) is 0 Å². The largest absolute Gasteiger partial charge is 0.493 e. The number of hydrogen-bond acceptors (Lipinski definition) is 5. The van der Waals surface area contributed by atoms with Crippen LogP contribution >= 0.6 is 11.6 Å². The molecule has 0 atom stereocenters. The van der Waals surface area contributed by atoms with Crippen molar-refractivity contribution in [3.05, 3.63) is 58.8 Å². The summed E-state index contributed by atoms with van der Waals surface area (Å²) in [5.41, 5.74) is 2.05. The Kier molecular flexibility index (Phi) is 6.48. The van der Waals surface area contributed by atoms with E-state index in [0.717, 1.165) is 11.3 Å². The van der Waals surface area contributed by atoms with Gasteiger partial charge in [0.25, 0.3) is 5.91 Å². The number of nitrogens with one attached hydrogen (secondary N) is 2. The maximum atomic E-state index is 12.3. The summed E-state index contributed by atoms with van der Waals surface area (Å²) in [5.74, 6) is 0.475. The quantitative estimate of drug-likeness (QED) is 0.589. The molecule has 134 valence electrons. The van der Waals surface area contributed by atoms with Gasteiger partial charge in [-0.25, -0.2) is 0 Å². The van der Waals surface area contributed by atoms with E-state index in [9.17, 15) is 10.1 Å². The predicted molar refractivity (Wildman–Crippen MR) is 102 cm³/mol. The minimum absolute atomic E-state index is 0.0749. The molecule has 0 fully saturated rings. The van der Waals surface area contributed by atoms with Gasteiger partial charge in [0.2, 0.25) is 0 Å². The first kappa shape index (κ1) is 19.2. The Balaban J connectivity index is 2.14. The number of hydrogen-bond donors (Lipinski definition) is 2. The molecular weight excluding hydrogens is 354 g/mol. The third kappa shape index (κ3) is 4.68. The first-order valence-electron chi connectivity index (χ1n) is 7.64. The molecule has 2 rings (SSSR count). The average molecular weight is 372 g/mol. The zero-order chi connectivity index (χ0) is 19.1. The normalized spacial score (nSPS) is 10.7. The second kappa shape index (κ2) is 8.79. The highest BCUT2D eigenvalue weighted by atomic mass is 35.5. The van der Waals surface area contributed by atoms with Crippen LogP contribution in [0.4, 0.5) is 11.4 Å². The standard InChI is InChI=1S/C19H18ClN3O3/c1-12-8-14(20)4-6-16(12)22-11-13(10-21)19(24)23-15-5-7-17(25-2)18(9-15)26-3/h4-9,11,22H,1-3H3,(H,23,24)/b13-11-. The van der Waals surface area contributed by atoms with Crippen molar-refractivity contribution in [2.75, 3.05) is 24.9 Å². The van der Waals surface area contributed by atoms with E-state index in [2.05, 4.69) is 10.6 Å². The van der Waals surface area contributed by atoms with Crippen LogP contribution in [0, 0.1) is 18.3 Å². The fourth-order valence-corrected chi connectivity index (χ4v) is 2.43. The van der Waals surface area contributed by atoms with Gasteiger partial charge in [-0.15, -0.1) is 0 Å². The van der Waals surface area contributed by atoms with Gasteiger partial charge in [-0.2, -0.15) is 5.26 Å². The van der Waals surface area contributed by atoms with Crippen LogP contribution in [0.5, 0.6) is 11.5 Å². The molecule has 0 bridgehead atoms. The third-order valence-corrected chi connectivity index (χ3v) is 3.80. The Morgan fingerprint density at radius 3 is 2.50 bits per heavy atom. The number of aryl methyl sites for hydroxylation is 1. The lowest BCUT2D eigenvalue weighted by Gasteiger charge is -2.10. The van der Waals surface area contributed by atoms with Gasteiger partial charge in [-0.1, -0.05) is 11.6 Å². The van der Waals surface area contributed by atoms with Crippen LogP contribution in [0.3, 0.4) is 0 Å². The van der Waals surface area contributed by atoms with Gasteiger partial charge in [-0.3, -0.25) is 4.79 Å². The molecule has 26 heavy (non-hydrogen) atoms. The fourth-order valence-electron chi connectivity index (χ4n) is 2.20. The summed E-state index contributed by atoms with van der Waals surface area (Å²) < 4.78 is 10.3. The van der Waals surface area contributed by atoms with Crippen LogP contribution in [0.25, 0.3) is 0 Å². The van der Waals surface area contributed by atoms with Crippen molar-refractivity contribution >= 4 is 28.9 Å². The van der Waals surface area contributed by atoms with Gasteiger partial charge < -0.3 is 20.1 Å². The summed E-state index contributed by atoms with van der Waals surface area (Å²) in [5, 5.41) is 15.5. The SMILES string of the molecule is COc1ccc(NC(=O)/C(C#N)=C\Nc2ccc(Cl)cc2C)cc1OC. The Labute approximate surface area is 157 Å². The molecule has 0 aliphatic carbocycles. The lowest BCUT2D eigenvalue weighted by Crippen LogP contribution is -2.14. The van der Waals surface area contributed by atoms with Gasteiger partial charge in [0, 0.05) is 28.7 Å². The number of nitrogens with zero attached hydrogens (tertiary/aromatic N) is 1. The zero-order valence-electron chi connectivity index (χ0n) is 14.6. The van der Waals surface area contributed by atoms with Crippen molar-refractivity contribution in [3.8, 4) is 17.6 Å². The average Bonchev–Trinajstić information content (AvgIpc) is 2.63. The monoisotopic (exact) mass is 371 g/mol. The van der Waals surface area contributed by atoms with E-state index in [1.54, 1.807) is 36.4 Å². The van der Waals surface area contributed by atoms with Crippen LogP contribution in [0.2, 0.25) is 5.02 Å². The number of rotatable bonds is 6. The van der Waals surface area contributed by atoms with E-state index in [-0.39, 0.29) is 5.57 Å². The molecular formula is C19H18ClN3O3. The van der Waals surface area contributed by atoms with Gasteiger partial charge in [0.1, 0.15) is 11.6 Å². The Morgan fingerprint density at radius 2 is 1.88 bits per heavy atom. The number of halogens is 1. The number of methoxy groups -OCH3 is 2. The van der Waals surface area contributed by atoms with Gasteiger partial charge in [-0.05, 0) is 42.8 Å². The van der Waals surface area contributed by atoms with Gasteiger partial charge >= 0.3 is 0 Å². The first-order chi connectivity index (χ1) is 12.5. The number of carbonyl (C=O) groups excluding carboxylic acids is 1. The van der Waals surface area contributed by atoms with Gasteiger partial charge in [0.05, 0.1) is 14.2 Å². The smallest absolute Gasteiger partial charge is 0.267 e. The van der Waals surface area contributed by atoms with Crippen molar-refractivity contribution in [2.45, 2.75) is 6.92 Å². The molecule has 0 aliphatic heterocycles. The third-order valence-electron chi connectivity index (χ3n) is 3.57. The van der Waals surface area contributed by atoms with E-state index in [1.807, 2.05) is 13.0 Å². The zero-order valence-corrected chi connectivity index (χ0v) is 15.3. The number of nitriles is 1. The summed E-state index contributed by atoms with van der Waals surface area (Å²) in [6.07, 6.45) is 1.35. The van der Waals surface area contributed by atoms with Crippen molar-refractivity contribution in [3.63, 3.8) is 0 Å². The van der Waals surface area contributed by atoms with Crippen LogP contribution < -0.4 is 20.1 Å². The topological polar surface area (TPSA) is 83.4 Å². The van der Waals surface area contributed by atoms with E-state index in [1.165, 1.54) is 20.4 Å². The first-order valence-corrected chi connectivity index (χ1v) is 8.02. The molecule has 6 nitrogen and oxygen atoms in total. The second-order valence-electron chi connectivity index (χ2n) is 5.30. The maximum absolute atomic E-state index is 12.3. The van der Waals surface area contributed by atoms with Crippen LogP contribution in [-0.2, 0) is 4.79 Å². The number of amides is 1. The summed E-state index contributed by atoms with van der Waals surface area (Å²) in [6, 6.07) is 12.1. The molecule has 0 aromatic heterocycles. The van der Waals surface area contributed by atoms with E-state index < -0.39 is 5.91 Å². The Hall–Kier alpha value is -3.17. The lowest BCUT2D eigenvalue weighted by atomic mass is 10.2. The number of benzene rings is 2. The highest BCUT2D eigenvalue weighted by Gasteiger charge is 2.12. The predicted octanol–water partition coefficient (Wildman–Crippen LogP) is 4.12. The van der Waals surface area contributed by atoms with E-state index >= 15 is 0 Å². The number of anilines is 2. The molecule has 2 aromatic carbocycles. The van der Waals surface area contributed by atoms with Crippen LogP contribution in [-0.4, -0.2) is 20.1 Å². The molecule has 0 spiro atoms. The molecule has 0 saturated heterocycles. The van der Waals surface area contributed by atoms with Crippen molar-refractivity contribution in [1.82, 2.24) is 0 Å². The van der Waals surface area contributed by atoms with Crippen LogP contribution in [0.15, 0.2) is 48.2 Å². The van der Waals surface area contributed by atoms with Gasteiger partial charge in [0.15, 0.2) is 11.5 Å². The van der Waals surface area contributed by atoms with E-state index in [4.69, 9.17) is 21.1 Å². The minimum Gasteiger partial charge on any atom is -0.493 e. The molecule has 0 aliphatic rings. The highest BCUT2D eigenvalue weighted by molar-refractivity contribution is 6.30.